The lowest BCUT2D eigenvalue weighted by molar-refractivity contribution is -0.151. The number of carbonyl (C=O) groups is 2. The average molecular weight is 287 g/mol. The van der Waals surface area contributed by atoms with Crippen LogP contribution in [0.5, 0.6) is 0 Å². The van der Waals surface area contributed by atoms with E-state index in [1.807, 2.05) is 30.0 Å². The second kappa shape index (κ2) is 5.88. The lowest BCUT2D eigenvalue weighted by Crippen LogP contribution is -2.46. The molecule has 4 nitrogen and oxygen atoms in total. The molecule has 1 aromatic rings. The minimum atomic E-state index is -0.163. The van der Waals surface area contributed by atoms with Crippen LogP contribution in [0.25, 0.3) is 0 Å². The fourth-order valence-corrected chi connectivity index (χ4v) is 3.33. The van der Waals surface area contributed by atoms with Crippen LogP contribution >= 0.6 is 0 Å². The summed E-state index contributed by atoms with van der Waals surface area (Å²) in [6, 6.07) is 8.11. The van der Waals surface area contributed by atoms with Crippen molar-refractivity contribution in [3.05, 3.63) is 35.4 Å². The number of hydrogen-bond donors (Lipinski definition) is 0. The Morgan fingerprint density at radius 2 is 2.14 bits per heavy atom. The molecule has 1 heterocycles. The van der Waals surface area contributed by atoms with E-state index < -0.39 is 0 Å². The molecule has 1 aromatic carbocycles. The van der Waals surface area contributed by atoms with Crippen LogP contribution in [0.1, 0.15) is 36.8 Å². The molecule has 1 unspecified atom stereocenters. The number of amides is 1. The highest BCUT2D eigenvalue weighted by molar-refractivity contribution is 5.87. The second-order valence-electron chi connectivity index (χ2n) is 5.83. The van der Waals surface area contributed by atoms with Gasteiger partial charge in [0.2, 0.25) is 5.91 Å². The molecule has 112 valence electrons. The highest BCUT2D eigenvalue weighted by Crippen LogP contribution is 2.37. The summed E-state index contributed by atoms with van der Waals surface area (Å²) in [4.78, 5) is 26.4. The quantitative estimate of drug-likeness (QED) is 0.800. The van der Waals surface area contributed by atoms with Gasteiger partial charge in [0.05, 0.1) is 18.4 Å². The van der Waals surface area contributed by atoms with Crippen molar-refractivity contribution in [2.24, 2.45) is 5.92 Å². The van der Waals surface area contributed by atoms with E-state index in [2.05, 4.69) is 6.07 Å². The van der Waals surface area contributed by atoms with Gasteiger partial charge >= 0.3 is 5.97 Å². The molecule has 1 fully saturated rings. The van der Waals surface area contributed by atoms with Crippen LogP contribution in [0, 0.1) is 5.92 Å². The van der Waals surface area contributed by atoms with E-state index in [9.17, 15) is 9.59 Å². The molecule has 0 saturated carbocycles. The first kappa shape index (κ1) is 14.1. The molecular formula is C17H21NO3. The van der Waals surface area contributed by atoms with Gasteiger partial charge in [0.1, 0.15) is 0 Å². The molecule has 1 amide bonds. The molecule has 3 rings (SSSR count). The van der Waals surface area contributed by atoms with Gasteiger partial charge in [-0.05, 0) is 37.3 Å². The van der Waals surface area contributed by atoms with Crippen molar-refractivity contribution in [3.63, 3.8) is 0 Å². The predicted octanol–water partition coefficient (Wildman–Crippen LogP) is 2.13. The fraction of sp³-hybridized carbons (Fsp3) is 0.529. The molecule has 0 N–H and O–H groups in total. The van der Waals surface area contributed by atoms with Crippen molar-refractivity contribution < 1.29 is 14.3 Å². The molecule has 0 spiro atoms. The third-order valence-electron chi connectivity index (χ3n) is 4.51. The summed E-state index contributed by atoms with van der Waals surface area (Å²) in [6.45, 7) is 3.48. The van der Waals surface area contributed by atoms with Crippen LogP contribution in [0.15, 0.2) is 24.3 Å². The van der Waals surface area contributed by atoms with Crippen molar-refractivity contribution in [3.8, 4) is 0 Å². The molecule has 1 aliphatic carbocycles. The number of benzene rings is 1. The van der Waals surface area contributed by atoms with Crippen LogP contribution in [0.3, 0.4) is 0 Å². The molecule has 1 saturated heterocycles. The molecule has 1 aliphatic heterocycles. The number of piperidine rings is 1. The van der Waals surface area contributed by atoms with E-state index in [4.69, 9.17) is 4.74 Å². The molecule has 2 atom stereocenters. The van der Waals surface area contributed by atoms with Gasteiger partial charge in [0.25, 0.3) is 0 Å². The van der Waals surface area contributed by atoms with Crippen molar-refractivity contribution in [1.82, 2.24) is 4.90 Å². The average Bonchev–Trinajstić information content (AvgIpc) is 2.49. The van der Waals surface area contributed by atoms with Crippen molar-refractivity contribution >= 4 is 11.9 Å². The maximum absolute atomic E-state index is 12.6. The Kier molecular flexibility index (Phi) is 3.95. The number of ether oxygens (including phenoxy) is 1. The van der Waals surface area contributed by atoms with Crippen LogP contribution in [-0.4, -0.2) is 36.5 Å². The van der Waals surface area contributed by atoms with Gasteiger partial charge in [-0.1, -0.05) is 24.3 Å². The van der Waals surface area contributed by atoms with Gasteiger partial charge in [-0.15, -0.1) is 0 Å². The molecule has 2 aliphatic rings. The lowest BCUT2D eigenvalue weighted by Gasteiger charge is -2.37. The zero-order valence-electron chi connectivity index (χ0n) is 12.4. The fourth-order valence-electron chi connectivity index (χ4n) is 3.33. The first-order valence-electron chi connectivity index (χ1n) is 7.74. The topological polar surface area (TPSA) is 46.6 Å². The Balaban J connectivity index is 1.65. The summed E-state index contributed by atoms with van der Waals surface area (Å²) in [5, 5.41) is 0. The highest BCUT2D eigenvalue weighted by Gasteiger charge is 2.37. The highest BCUT2D eigenvalue weighted by atomic mass is 16.5. The van der Waals surface area contributed by atoms with Crippen molar-refractivity contribution in [1.29, 1.82) is 0 Å². The summed E-state index contributed by atoms with van der Waals surface area (Å²) in [5.41, 5.74) is 2.43. The Labute approximate surface area is 125 Å². The van der Waals surface area contributed by atoms with E-state index in [1.54, 1.807) is 0 Å². The summed E-state index contributed by atoms with van der Waals surface area (Å²) in [5.74, 6) is -0.160. The summed E-state index contributed by atoms with van der Waals surface area (Å²) in [6.07, 6.45) is 2.53. The normalized spacial score (nSPS) is 24.0. The maximum Gasteiger partial charge on any atom is 0.310 e. The molecular weight excluding hydrogens is 266 g/mol. The molecule has 0 radical (unpaired) electrons. The van der Waals surface area contributed by atoms with Crippen molar-refractivity contribution in [2.75, 3.05) is 19.7 Å². The molecule has 4 heteroatoms. The number of nitrogens with zero attached hydrogens (tertiary/aromatic N) is 1. The lowest BCUT2D eigenvalue weighted by atomic mass is 9.76. The number of rotatable bonds is 3. The Morgan fingerprint density at radius 3 is 2.90 bits per heavy atom. The van der Waals surface area contributed by atoms with Crippen LogP contribution in [0.2, 0.25) is 0 Å². The minimum absolute atomic E-state index is 0.0119. The Bertz CT molecular complexity index is 555. The van der Waals surface area contributed by atoms with Gasteiger partial charge in [-0.25, -0.2) is 0 Å². The van der Waals surface area contributed by atoms with Gasteiger partial charge in [0, 0.05) is 13.1 Å². The Hall–Kier alpha value is -1.84. The Morgan fingerprint density at radius 1 is 1.33 bits per heavy atom. The van der Waals surface area contributed by atoms with Gasteiger partial charge in [-0.3, -0.25) is 9.59 Å². The molecule has 0 bridgehead atoms. The van der Waals surface area contributed by atoms with E-state index in [1.165, 1.54) is 5.56 Å². The minimum Gasteiger partial charge on any atom is -0.466 e. The summed E-state index contributed by atoms with van der Waals surface area (Å²) in [7, 11) is 0. The van der Waals surface area contributed by atoms with Crippen LogP contribution < -0.4 is 0 Å². The van der Waals surface area contributed by atoms with Crippen molar-refractivity contribution in [2.45, 2.75) is 32.1 Å². The number of esters is 1. The smallest absolute Gasteiger partial charge is 0.310 e. The number of carbonyl (C=O) groups excluding carboxylic acids is 2. The monoisotopic (exact) mass is 287 g/mol. The van der Waals surface area contributed by atoms with E-state index >= 15 is 0 Å². The zero-order valence-corrected chi connectivity index (χ0v) is 12.4. The van der Waals surface area contributed by atoms with Gasteiger partial charge < -0.3 is 9.64 Å². The second-order valence-corrected chi connectivity index (χ2v) is 5.83. The third kappa shape index (κ3) is 2.67. The third-order valence-corrected chi connectivity index (χ3v) is 4.51. The largest absolute Gasteiger partial charge is 0.466 e. The van der Waals surface area contributed by atoms with E-state index in [0.29, 0.717) is 13.2 Å². The number of likely N-dealkylation sites (tertiary alicyclic amines) is 1. The van der Waals surface area contributed by atoms with Gasteiger partial charge in [0.15, 0.2) is 0 Å². The maximum atomic E-state index is 12.6. The first-order valence-corrected chi connectivity index (χ1v) is 7.74. The summed E-state index contributed by atoms with van der Waals surface area (Å²) < 4.78 is 5.09. The molecule has 0 aromatic heterocycles. The van der Waals surface area contributed by atoms with Gasteiger partial charge in [-0.2, -0.15) is 0 Å². The molecule has 21 heavy (non-hydrogen) atoms. The van der Waals surface area contributed by atoms with Crippen LogP contribution in [-0.2, 0) is 20.7 Å². The SMILES string of the molecule is CCOC(=O)[C@@H]1CCCN(C(=O)C2Cc3ccccc32)C1. The number of hydrogen-bond acceptors (Lipinski definition) is 3. The van der Waals surface area contributed by atoms with E-state index in [-0.39, 0.29) is 23.7 Å². The zero-order chi connectivity index (χ0) is 14.8. The van der Waals surface area contributed by atoms with Crippen LogP contribution in [0.4, 0.5) is 0 Å². The number of fused-ring (bicyclic) bond motifs is 1. The van der Waals surface area contributed by atoms with E-state index in [0.717, 1.165) is 31.4 Å². The summed E-state index contributed by atoms with van der Waals surface area (Å²) >= 11 is 0. The predicted molar refractivity (Wildman–Crippen MR) is 78.8 cm³/mol. The standard InChI is InChI=1S/C17H21NO3/c1-2-21-17(20)13-7-5-9-18(11-13)16(19)15-10-12-6-3-4-8-14(12)15/h3-4,6,8,13,15H,2,5,7,9-11H2,1H3/t13-,15?/m1/s1. The first-order chi connectivity index (χ1) is 10.2.